The molecule has 0 amide bonds. The summed E-state index contributed by atoms with van der Waals surface area (Å²) in [6, 6.07) is 4.76. The molecule has 1 atom stereocenters. The van der Waals surface area contributed by atoms with Crippen molar-refractivity contribution in [3.8, 4) is 12.3 Å². The topological polar surface area (TPSA) is 95.5 Å². The fourth-order valence-electron chi connectivity index (χ4n) is 1.70. The molecule has 6 nitrogen and oxygen atoms in total. The summed E-state index contributed by atoms with van der Waals surface area (Å²) in [5.74, 6) is 1.11. The second kappa shape index (κ2) is 7.11. The minimum Gasteiger partial charge on any atom is -0.480 e. The minimum atomic E-state index is -3.73. The first-order chi connectivity index (χ1) is 9.77. The van der Waals surface area contributed by atoms with Crippen LogP contribution in [0.3, 0.4) is 0 Å². The van der Waals surface area contributed by atoms with Gasteiger partial charge in [-0.3, -0.25) is 0 Å². The lowest BCUT2D eigenvalue weighted by atomic mass is 10.2. The number of carboxylic acid groups (broad SMARTS) is 1. The maximum atomic E-state index is 12.2. The van der Waals surface area contributed by atoms with Gasteiger partial charge < -0.3 is 10.4 Å². The average Bonchev–Trinajstić information content (AvgIpc) is 2.37. The van der Waals surface area contributed by atoms with Crippen LogP contribution in [0.4, 0.5) is 5.69 Å². The van der Waals surface area contributed by atoms with Gasteiger partial charge in [-0.2, -0.15) is 0 Å². The second-order valence-corrected chi connectivity index (χ2v) is 6.40. The Morgan fingerprint density at radius 3 is 2.52 bits per heavy atom. The number of benzene rings is 1. The molecule has 0 fully saturated rings. The molecule has 0 radical (unpaired) electrons. The van der Waals surface area contributed by atoms with Crippen LogP contribution in [0.15, 0.2) is 29.2 Å². The third-order valence-corrected chi connectivity index (χ3v) is 4.23. The lowest BCUT2D eigenvalue weighted by Gasteiger charge is -2.17. The Hall–Kier alpha value is -2.04. The fourth-order valence-corrected chi connectivity index (χ4v) is 3.12. The van der Waals surface area contributed by atoms with Crippen molar-refractivity contribution in [3.63, 3.8) is 0 Å². The number of sulfonamides is 1. The predicted molar refractivity (Wildman–Crippen MR) is 80.4 cm³/mol. The van der Waals surface area contributed by atoms with E-state index in [4.69, 9.17) is 11.5 Å². The molecule has 0 aromatic heterocycles. The van der Waals surface area contributed by atoms with Crippen LogP contribution in [0.25, 0.3) is 0 Å². The Morgan fingerprint density at radius 1 is 1.38 bits per heavy atom. The molecule has 114 valence electrons. The molecule has 1 rings (SSSR count). The Bertz CT molecular complexity index is 647. The summed E-state index contributed by atoms with van der Waals surface area (Å²) in [6.07, 6.45) is 5.07. The first-order valence-corrected chi connectivity index (χ1v) is 7.80. The van der Waals surface area contributed by atoms with Gasteiger partial charge in [0.2, 0.25) is 10.0 Å². The largest absolute Gasteiger partial charge is 0.480 e. The van der Waals surface area contributed by atoms with Crippen molar-refractivity contribution < 1.29 is 18.3 Å². The van der Waals surface area contributed by atoms with Crippen LogP contribution in [-0.4, -0.2) is 31.6 Å². The molecule has 1 aromatic rings. The van der Waals surface area contributed by atoms with Gasteiger partial charge in [0.25, 0.3) is 0 Å². The molecule has 3 N–H and O–H groups in total. The van der Waals surface area contributed by atoms with Crippen LogP contribution >= 0.6 is 0 Å². The van der Waals surface area contributed by atoms with Crippen molar-refractivity contribution in [1.29, 1.82) is 0 Å². The lowest BCUT2D eigenvalue weighted by Crippen LogP contribution is -2.33. The number of rotatable bonds is 7. The molecule has 1 aromatic carbocycles. The zero-order chi connectivity index (χ0) is 16.0. The van der Waals surface area contributed by atoms with Gasteiger partial charge in [0.05, 0.1) is 5.69 Å². The van der Waals surface area contributed by atoms with Gasteiger partial charge in [-0.15, -0.1) is 12.3 Å². The Labute approximate surface area is 124 Å². The van der Waals surface area contributed by atoms with Crippen LogP contribution in [0.2, 0.25) is 0 Å². The highest BCUT2D eigenvalue weighted by Gasteiger charge is 2.23. The highest BCUT2D eigenvalue weighted by atomic mass is 32.2. The number of terminal acetylenes is 1. The van der Waals surface area contributed by atoms with Crippen molar-refractivity contribution in [1.82, 2.24) is 4.72 Å². The van der Waals surface area contributed by atoms with Crippen molar-refractivity contribution >= 4 is 21.7 Å². The number of nitrogens with one attached hydrogen (secondary N) is 2. The van der Waals surface area contributed by atoms with Crippen molar-refractivity contribution in [3.05, 3.63) is 24.3 Å². The van der Waals surface area contributed by atoms with Crippen LogP contribution in [-0.2, 0) is 14.8 Å². The van der Waals surface area contributed by atoms with E-state index in [1.807, 2.05) is 0 Å². The molecule has 0 spiro atoms. The Morgan fingerprint density at radius 2 is 2.00 bits per heavy atom. The Balaban J connectivity index is 3.16. The number of anilines is 1. The maximum Gasteiger partial charge on any atom is 0.327 e. The van der Waals surface area contributed by atoms with Crippen LogP contribution in [0.5, 0.6) is 0 Å². The monoisotopic (exact) mass is 310 g/mol. The molecule has 0 aliphatic carbocycles. The normalized spacial score (nSPS) is 12.7. The standard InChI is InChI=1S/C14H18N2O4S/c1-4-7-12(14(17)18)15-11-8-5-6-9-13(11)21(19,20)16-10(2)3/h1,5-6,8-10,12,15-16H,7H2,2-3H3,(H,17,18). The highest BCUT2D eigenvalue weighted by Crippen LogP contribution is 2.22. The van der Waals surface area contributed by atoms with E-state index in [-0.39, 0.29) is 23.0 Å². The molecular weight excluding hydrogens is 292 g/mol. The average molecular weight is 310 g/mol. The summed E-state index contributed by atoms with van der Waals surface area (Å²) in [7, 11) is -3.73. The van der Waals surface area contributed by atoms with E-state index in [1.54, 1.807) is 26.0 Å². The molecule has 0 heterocycles. The fraction of sp³-hybridized carbons (Fsp3) is 0.357. The minimum absolute atomic E-state index is 0.0121. The van der Waals surface area contributed by atoms with E-state index in [0.717, 1.165) is 0 Å². The Kier molecular flexibility index (Phi) is 5.76. The van der Waals surface area contributed by atoms with Gasteiger partial charge in [-0.05, 0) is 26.0 Å². The van der Waals surface area contributed by atoms with E-state index in [1.165, 1.54) is 12.1 Å². The van der Waals surface area contributed by atoms with Crippen LogP contribution in [0.1, 0.15) is 20.3 Å². The van der Waals surface area contributed by atoms with Gasteiger partial charge >= 0.3 is 5.97 Å². The summed E-state index contributed by atoms with van der Waals surface area (Å²) >= 11 is 0. The number of carbonyl (C=O) groups is 1. The maximum absolute atomic E-state index is 12.2. The molecule has 21 heavy (non-hydrogen) atoms. The molecule has 0 aliphatic rings. The quantitative estimate of drug-likeness (QED) is 0.659. The summed E-state index contributed by atoms with van der Waals surface area (Å²) in [5.41, 5.74) is 0.202. The summed E-state index contributed by atoms with van der Waals surface area (Å²) in [4.78, 5) is 11.1. The SMILES string of the molecule is C#CCC(Nc1ccccc1S(=O)(=O)NC(C)C)C(=O)O. The van der Waals surface area contributed by atoms with Crippen molar-refractivity contribution in [2.75, 3.05) is 5.32 Å². The van der Waals surface area contributed by atoms with E-state index >= 15 is 0 Å². The molecule has 0 saturated carbocycles. The van der Waals surface area contributed by atoms with Gasteiger partial charge in [-0.1, -0.05) is 12.1 Å². The van der Waals surface area contributed by atoms with Crippen LogP contribution in [0, 0.1) is 12.3 Å². The van der Waals surface area contributed by atoms with E-state index in [0.29, 0.717) is 0 Å². The zero-order valence-corrected chi connectivity index (χ0v) is 12.6. The summed E-state index contributed by atoms with van der Waals surface area (Å²) < 4.78 is 26.9. The van der Waals surface area contributed by atoms with E-state index < -0.39 is 22.0 Å². The first kappa shape index (κ1) is 17.0. The van der Waals surface area contributed by atoms with Gasteiger partial charge in [0.1, 0.15) is 10.9 Å². The lowest BCUT2D eigenvalue weighted by molar-refractivity contribution is -0.137. The molecule has 7 heteroatoms. The summed E-state index contributed by atoms with van der Waals surface area (Å²) in [5, 5.41) is 11.7. The van der Waals surface area contributed by atoms with Crippen LogP contribution < -0.4 is 10.0 Å². The van der Waals surface area contributed by atoms with E-state index in [9.17, 15) is 13.2 Å². The van der Waals surface area contributed by atoms with Crippen molar-refractivity contribution in [2.24, 2.45) is 0 Å². The first-order valence-electron chi connectivity index (χ1n) is 6.32. The third kappa shape index (κ3) is 4.77. The number of carboxylic acids is 1. The predicted octanol–water partition coefficient (Wildman–Crippen LogP) is 1.26. The highest BCUT2D eigenvalue weighted by molar-refractivity contribution is 7.89. The molecule has 0 saturated heterocycles. The van der Waals surface area contributed by atoms with Gasteiger partial charge in [0, 0.05) is 12.5 Å². The smallest absolute Gasteiger partial charge is 0.327 e. The number of aliphatic carboxylic acids is 1. The molecule has 1 unspecified atom stereocenters. The zero-order valence-electron chi connectivity index (χ0n) is 11.8. The molecular formula is C14H18N2O4S. The number of hydrogen-bond acceptors (Lipinski definition) is 4. The molecule has 0 bridgehead atoms. The van der Waals surface area contributed by atoms with E-state index in [2.05, 4.69) is 16.0 Å². The number of para-hydroxylation sites is 1. The van der Waals surface area contributed by atoms with Gasteiger partial charge in [0.15, 0.2) is 0 Å². The van der Waals surface area contributed by atoms with Crippen molar-refractivity contribution in [2.45, 2.75) is 37.2 Å². The third-order valence-electron chi connectivity index (χ3n) is 2.52. The summed E-state index contributed by atoms with van der Waals surface area (Å²) in [6.45, 7) is 3.40. The number of hydrogen-bond donors (Lipinski definition) is 3. The second-order valence-electron chi connectivity index (χ2n) is 4.72. The molecule has 0 aliphatic heterocycles. The van der Waals surface area contributed by atoms with Gasteiger partial charge in [-0.25, -0.2) is 17.9 Å².